The monoisotopic (exact) mass is 436 g/mol. The van der Waals surface area contributed by atoms with Crippen molar-refractivity contribution in [3.05, 3.63) is 59.3 Å². The van der Waals surface area contributed by atoms with Crippen molar-refractivity contribution in [2.45, 2.75) is 20.3 Å². The van der Waals surface area contributed by atoms with Crippen LogP contribution in [0.2, 0.25) is 0 Å². The summed E-state index contributed by atoms with van der Waals surface area (Å²) in [6.07, 6.45) is 0.911. The fraction of sp³-hybridized carbons (Fsp3) is 0.360. The van der Waals surface area contributed by atoms with Gasteiger partial charge in [-0.1, -0.05) is 25.1 Å². The average Bonchev–Trinajstić information content (AvgIpc) is 3.08. The first kappa shape index (κ1) is 21.9. The van der Waals surface area contributed by atoms with Crippen molar-refractivity contribution < 1.29 is 23.8 Å². The van der Waals surface area contributed by atoms with Gasteiger partial charge in [0.1, 0.15) is 17.2 Å². The molecule has 0 aliphatic carbocycles. The average molecular weight is 437 g/mol. The van der Waals surface area contributed by atoms with E-state index in [1.54, 1.807) is 12.1 Å². The Kier molecular flexibility index (Phi) is 6.46. The van der Waals surface area contributed by atoms with Crippen LogP contribution in [0.15, 0.2) is 48.2 Å². The molecule has 168 valence electrons. The minimum atomic E-state index is -0.359. The van der Waals surface area contributed by atoms with Gasteiger partial charge < -0.3 is 19.1 Å². The topological polar surface area (TPSA) is 68.3 Å². The molecule has 2 aromatic rings. The third-order valence-electron chi connectivity index (χ3n) is 5.58. The van der Waals surface area contributed by atoms with Crippen LogP contribution in [0, 0.1) is 6.92 Å². The van der Waals surface area contributed by atoms with E-state index in [2.05, 4.69) is 0 Å². The first-order valence-electron chi connectivity index (χ1n) is 10.9. The number of imide groups is 1. The first-order valence-corrected chi connectivity index (χ1v) is 10.9. The Bertz CT molecular complexity index is 1040. The highest BCUT2D eigenvalue weighted by molar-refractivity contribution is 6.45. The Morgan fingerprint density at radius 1 is 1.00 bits per heavy atom. The number of carbonyl (C=O) groups is 2. The molecule has 2 aliphatic heterocycles. The standard InChI is InChI=1S/C25H28N2O5/c1-4-13-32-19-8-6-18(7-9-19)22-23(26-11-14-31-15-12-26)25(29)27(24(22)28)20-16-17(2)5-10-21(20)30-3/h5-10,16H,4,11-15H2,1-3H3. The van der Waals surface area contributed by atoms with Gasteiger partial charge in [0.25, 0.3) is 11.8 Å². The zero-order valence-corrected chi connectivity index (χ0v) is 18.7. The summed E-state index contributed by atoms with van der Waals surface area (Å²) in [5, 5.41) is 0. The predicted octanol–water partition coefficient (Wildman–Crippen LogP) is 3.41. The van der Waals surface area contributed by atoms with Crippen molar-refractivity contribution in [2.24, 2.45) is 0 Å². The van der Waals surface area contributed by atoms with Crippen LogP contribution in [-0.2, 0) is 14.3 Å². The molecular weight excluding hydrogens is 408 g/mol. The van der Waals surface area contributed by atoms with Gasteiger partial charge in [-0.3, -0.25) is 9.59 Å². The van der Waals surface area contributed by atoms with E-state index >= 15 is 0 Å². The summed E-state index contributed by atoms with van der Waals surface area (Å²) in [7, 11) is 1.53. The van der Waals surface area contributed by atoms with Crippen molar-refractivity contribution in [3.8, 4) is 11.5 Å². The molecule has 0 unspecified atom stereocenters. The maximum atomic E-state index is 13.7. The summed E-state index contributed by atoms with van der Waals surface area (Å²) in [5.74, 6) is 0.506. The van der Waals surface area contributed by atoms with Gasteiger partial charge in [0, 0.05) is 13.1 Å². The van der Waals surface area contributed by atoms with Gasteiger partial charge in [-0.2, -0.15) is 0 Å². The normalized spacial score (nSPS) is 16.7. The lowest BCUT2D eigenvalue weighted by atomic mass is 10.0. The van der Waals surface area contributed by atoms with E-state index in [0.717, 1.165) is 17.7 Å². The maximum absolute atomic E-state index is 13.7. The van der Waals surface area contributed by atoms with Crippen molar-refractivity contribution in [1.82, 2.24) is 4.90 Å². The van der Waals surface area contributed by atoms with E-state index in [0.29, 0.717) is 61.2 Å². The second-order valence-electron chi connectivity index (χ2n) is 7.82. The van der Waals surface area contributed by atoms with Crippen molar-refractivity contribution in [2.75, 3.05) is 44.9 Å². The van der Waals surface area contributed by atoms with E-state index in [4.69, 9.17) is 14.2 Å². The lowest BCUT2D eigenvalue weighted by Gasteiger charge is -2.29. The van der Waals surface area contributed by atoms with Gasteiger partial charge >= 0.3 is 0 Å². The number of anilines is 1. The molecule has 7 nitrogen and oxygen atoms in total. The Balaban J connectivity index is 1.78. The second kappa shape index (κ2) is 9.44. The minimum Gasteiger partial charge on any atom is -0.495 e. The van der Waals surface area contributed by atoms with Gasteiger partial charge in [-0.15, -0.1) is 0 Å². The SMILES string of the molecule is CCCOc1ccc(C2=C(N3CCOCC3)C(=O)N(c3cc(C)ccc3OC)C2=O)cc1. The molecule has 1 fully saturated rings. The molecule has 0 spiro atoms. The number of hydrogen-bond acceptors (Lipinski definition) is 6. The molecule has 0 N–H and O–H groups in total. The van der Waals surface area contributed by atoms with Crippen LogP contribution >= 0.6 is 0 Å². The largest absolute Gasteiger partial charge is 0.495 e. The highest BCUT2D eigenvalue weighted by Gasteiger charge is 2.43. The smallest absolute Gasteiger partial charge is 0.282 e. The van der Waals surface area contributed by atoms with E-state index in [9.17, 15) is 9.59 Å². The maximum Gasteiger partial charge on any atom is 0.282 e. The molecule has 2 heterocycles. The number of carbonyl (C=O) groups excluding carboxylic acids is 2. The summed E-state index contributed by atoms with van der Waals surface area (Å²) in [5.41, 5.74) is 2.86. The predicted molar refractivity (Wildman–Crippen MR) is 122 cm³/mol. The quantitative estimate of drug-likeness (QED) is 0.620. The van der Waals surface area contributed by atoms with Gasteiger partial charge in [0.15, 0.2) is 0 Å². The molecule has 2 amide bonds. The number of methoxy groups -OCH3 is 1. The molecule has 4 rings (SSSR count). The summed E-state index contributed by atoms with van der Waals surface area (Å²) >= 11 is 0. The number of ether oxygens (including phenoxy) is 3. The fourth-order valence-electron chi connectivity index (χ4n) is 3.99. The summed E-state index contributed by atoms with van der Waals surface area (Å²) in [6.45, 7) is 6.71. The lowest BCUT2D eigenvalue weighted by Crippen LogP contribution is -2.40. The molecule has 1 saturated heterocycles. The van der Waals surface area contributed by atoms with Crippen LogP contribution in [0.5, 0.6) is 11.5 Å². The van der Waals surface area contributed by atoms with Crippen LogP contribution < -0.4 is 14.4 Å². The zero-order valence-electron chi connectivity index (χ0n) is 18.7. The molecular formula is C25H28N2O5. The highest BCUT2D eigenvalue weighted by atomic mass is 16.5. The molecule has 0 radical (unpaired) electrons. The molecule has 0 bridgehead atoms. The number of aryl methyl sites for hydroxylation is 1. The van der Waals surface area contributed by atoms with Gasteiger partial charge in [0.2, 0.25) is 0 Å². The van der Waals surface area contributed by atoms with Crippen LogP contribution in [-0.4, -0.2) is 56.7 Å². The zero-order chi connectivity index (χ0) is 22.7. The molecule has 0 aromatic heterocycles. The van der Waals surface area contributed by atoms with Gasteiger partial charge in [-0.05, 0) is 48.7 Å². The number of nitrogens with zero attached hydrogens (tertiary/aromatic N) is 2. The third kappa shape index (κ3) is 4.08. The number of hydrogen-bond donors (Lipinski definition) is 0. The summed E-state index contributed by atoms with van der Waals surface area (Å²) < 4.78 is 16.6. The van der Waals surface area contributed by atoms with E-state index in [-0.39, 0.29) is 11.8 Å². The Morgan fingerprint density at radius 2 is 1.72 bits per heavy atom. The minimum absolute atomic E-state index is 0.345. The fourth-order valence-corrected chi connectivity index (χ4v) is 3.99. The Hall–Kier alpha value is -3.32. The molecule has 0 saturated carbocycles. The van der Waals surface area contributed by atoms with E-state index in [1.165, 1.54) is 12.0 Å². The second-order valence-corrected chi connectivity index (χ2v) is 7.82. The van der Waals surface area contributed by atoms with E-state index in [1.807, 2.05) is 49.1 Å². The van der Waals surface area contributed by atoms with Crippen LogP contribution in [0.3, 0.4) is 0 Å². The van der Waals surface area contributed by atoms with Gasteiger partial charge in [0.05, 0.1) is 38.2 Å². The number of amides is 2. The lowest BCUT2D eigenvalue weighted by molar-refractivity contribution is -0.121. The first-order chi connectivity index (χ1) is 15.5. The molecule has 32 heavy (non-hydrogen) atoms. The molecule has 2 aliphatic rings. The van der Waals surface area contributed by atoms with Crippen LogP contribution in [0.1, 0.15) is 24.5 Å². The highest BCUT2D eigenvalue weighted by Crippen LogP contribution is 2.39. The number of benzene rings is 2. The summed E-state index contributed by atoms with van der Waals surface area (Å²) in [4.78, 5) is 30.6. The molecule has 0 atom stereocenters. The molecule has 7 heteroatoms. The van der Waals surface area contributed by atoms with Crippen molar-refractivity contribution in [1.29, 1.82) is 0 Å². The van der Waals surface area contributed by atoms with Crippen LogP contribution in [0.25, 0.3) is 5.57 Å². The van der Waals surface area contributed by atoms with Crippen molar-refractivity contribution >= 4 is 23.1 Å². The number of morpholine rings is 1. The third-order valence-corrected chi connectivity index (χ3v) is 5.58. The Morgan fingerprint density at radius 3 is 2.38 bits per heavy atom. The Labute approximate surface area is 188 Å². The van der Waals surface area contributed by atoms with Gasteiger partial charge in [-0.25, -0.2) is 4.90 Å². The molecule has 2 aromatic carbocycles. The van der Waals surface area contributed by atoms with Crippen molar-refractivity contribution in [3.63, 3.8) is 0 Å². The summed E-state index contributed by atoms with van der Waals surface area (Å²) in [6, 6.07) is 12.8. The van der Waals surface area contributed by atoms with Crippen LogP contribution in [0.4, 0.5) is 5.69 Å². The number of rotatable bonds is 7. The van der Waals surface area contributed by atoms with E-state index < -0.39 is 0 Å².